The van der Waals surface area contributed by atoms with Crippen LogP contribution in [0.2, 0.25) is 5.02 Å². The maximum absolute atomic E-state index is 13.2. The molecule has 1 fully saturated rings. The zero-order valence-electron chi connectivity index (χ0n) is 17.6. The van der Waals surface area contributed by atoms with E-state index in [1.165, 1.54) is 5.56 Å². The third-order valence-electron chi connectivity index (χ3n) is 5.30. The lowest BCUT2D eigenvalue weighted by Crippen LogP contribution is -2.44. The van der Waals surface area contributed by atoms with Crippen LogP contribution >= 0.6 is 22.9 Å². The van der Waals surface area contributed by atoms with Crippen molar-refractivity contribution in [2.24, 2.45) is 0 Å². The molecule has 0 aliphatic carbocycles. The van der Waals surface area contributed by atoms with Crippen molar-refractivity contribution in [2.45, 2.75) is 13.3 Å². The number of benzene rings is 2. The lowest BCUT2D eigenvalue weighted by Gasteiger charge is -2.29. The zero-order valence-corrected chi connectivity index (χ0v) is 19.1. The second-order valence-corrected chi connectivity index (χ2v) is 8.84. The average Bonchev–Trinajstić information content (AvgIpc) is 3.22. The Morgan fingerprint density at radius 1 is 1.23 bits per heavy atom. The Morgan fingerprint density at radius 2 is 2.00 bits per heavy atom. The van der Waals surface area contributed by atoms with Gasteiger partial charge in [-0.05, 0) is 48.4 Å². The SMILES string of the molecule is CCc1ccc2nc(N(CCN3CCOCC3)C(=O)COc3ccc(Cl)cc3)sc2c1. The monoisotopic (exact) mass is 459 g/mol. The molecule has 0 bridgehead atoms. The predicted molar refractivity (Wildman–Crippen MR) is 126 cm³/mol. The second-order valence-electron chi connectivity index (χ2n) is 7.39. The number of ether oxygens (including phenoxy) is 2. The standard InChI is InChI=1S/C23H26ClN3O3S/c1-2-17-3-8-20-21(15-17)31-23(25-20)27(10-9-26-11-13-29-14-12-26)22(28)16-30-19-6-4-18(24)5-7-19/h3-8,15H,2,9-14,16H2,1H3. The summed E-state index contributed by atoms with van der Waals surface area (Å²) in [5.74, 6) is 0.501. The van der Waals surface area contributed by atoms with Crippen molar-refractivity contribution < 1.29 is 14.3 Å². The number of rotatable bonds is 8. The average molecular weight is 460 g/mol. The minimum absolute atomic E-state index is 0.0547. The van der Waals surface area contributed by atoms with Crippen LogP contribution in [0, 0.1) is 0 Å². The minimum Gasteiger partial charge on any atom is -0.484 e. The first-order valence-corrected chi connectivity index (χ1v) is 11.7. The van der Waals surface area contributed by atoms with E-state index in [0.29, 0.717) is 22.4 Å². The molecular weight excluding hydrogens is 434 g/mol. The Labute approximate surface area is 191 Å². The number of carbonyl (C=O) groups is 1. The highest BCUT2D eigenvalue weighted by molar-refractivity contribution is 7.22. The first-order chi connectivity index (χ1) is 15.1. The molecule has 6 nitrogen and oxygen atoms in total. The summed E-state index contributed by atoms with van der Waals surface area (Å²) in [6, 6.07) is 13.3. The normalized spacial score (nSPS) is 14.6. The number of amides is 1. The van der Waals surface area contributed by atoms with Crippen molar-refractivity contribution in [3.05, 3.63) is 53.1 Å². The Morgan fingerprint density at radius 3 is 2.74 bits per heavy atom. The summed E-state index contributed by atoms with van der Waals surface area (Å²) in [7, 11) is 0. The van der Waals surface area contributed by atoms with Gasteiger partial charge in [-0.25, -0.2) is 4.98 Å². The number of carbonyl (C=O) groups excluding carboxylic acids is 1. The second kappa shape index (κ2) is 10.4. The number of thiazole rings is 1. The summed E-state index contributed by atoms with van der Waals surface area (Å²) < 4.78 is 12.2. The van der Waals surface area contributed by atoms with E-state index in [1.54, 1.807) is 40.5 Å². The highest BCUT2D eigenvalue weighted by Crippen LogP contribution is 2.30. The first kappa shape index (κ1) is 22.0. The van der Waals surface area contributed by atoms with Crippen molar-refractivity contribution in [3.63, 3.8) is 0 Å². The van der Waals surface area contributed by atoms with E-state index in [4.69, 9.17) is 26.1 Å². The van der Waals surface area contributed by atoms with E-state index in [0.717, 1.165) is 49.5 Å². The zero-order chi connectivity index (χ0) is 21.6. The van der Waals surface area contributed by atoms with E-state index in [1.807, 2.05) is 6.07 Å². The largest absolute Gasteiger partial charge is 0.484 e. The van der Waals surface area contributed by atoms with Crippen LogP contribution in [0.3, 0.4) is 0 Å². The van der Waals surface area contributed by atoms with Gasteiger partial charge >= 0.3 is 0 Å². The van der Waals surface area contributed by atoms with Crippen LogP contribution in [-0.2, 0) is 16.0 Å². The van der Waals surface area contributed by atoms with Gasteiger partial charge in [0.05, 0.1) is 23.4 Å². The van der Waals surface area contributed by atoms with Gasteiger partial charge in [-0.15, -0.1) is 0 Å². The maximum Gasteiger partial charge on any atom is 0.266 e. The van der Waals surface area contributed by atoms with Gasteiger partial charge < -0.3 is 9.47 Å². The molecule has 1 amide bonds. The molecule has 8 heteroatoms. The Hall–Kier alpha value is -2.19. The van der Waals surface area contributed by atoms with E-state index in [-0.39, 0.29) is 12.5 Å². The Balaban J connectivity index is 1.51. The van der Waals surface area contributed by atoms with Crippen LogP contribution in [0.4, 0.5) is 5.13 Å². The van der Waals surface area contributed by atoms with Crippen LogP contribution in [0.1, 0.15) is 12.5 Å². The molecule has 31 heavy (non-hydrogen) atoms. The maximum atomic E-state index is 13.2. The molecule has 1 aromatic heterocycles. The molecule has 1 aliphatic heterocycles. The van der Waals surface area contributed by atoms with Crippen molar-refractivity contribution in [1.82, 2.24) is 9.88 Å². The summed E-state index contributed by atoms with van der Waals surface area (Å²) >= 11 is 7.48. The molecule has 4 rings (SSSR count). The summed E-state index contributed by atoms with van der Waals surface area (Å²) in [6.07, 6.45) is 0.970. The summed E-state index contributed by atoms with van der Waals surface area (Å²) in [5, 5.41) is 1.34. The van der Waals surface area contributed by atoms with E-state index in [2.05, 4.69) is 24.0 Å². The van der Waals surface area contributed by atoms with Gasteiger partial charge in [0, 0.05) is 31.2 Å². The number of anilines is 1. The number of hydrogen-bond donors (Lipinski definition) is 0. The van der Waals surface area contributed by atoms with Crippen LogP contribution < -0.4 is 9.64 Å². The van der Waals surface area contributed by atoms with Gasteiger partial charge in [0.25, 0.3) is 5.91 Å². The van der Waals surface area contributed by atoms with Crippen molar-refractivity contribution in [3.8, 4) is 5.75 Å². The van der Waals surface area contributed by atoms with Crippen LogP contribution in [0.15, 0.2) is 42.5 Å². The number of aromatic nitrogens is 1. The van der Waals surface area contributed by atoms with E-state index in [9.17, 15) is 4.79 Å². The van der Waals surface area contributed by atoms with Crippen LogP contribution in [0.5, 0.6) is 5.75 Å². The molecule has 2 heterocycles. The quantitative estimate of drug-likeness (QED) is 0.504. The van der Waals surface area contributed by atoms with Crippen LogP contribution in [-0.4, -0.2) is 61.8 Å². The molecule has 0 N–H and O–H groups in total. The van der Waals surface area contributed by atoms with Gasteiger partial charge in [0.2, 0.25) is 0 Å². The molecule has 0 saturated carbocycles. The number of aryl methyl sites for hydroxylation is 1. The number of morpholine rings is 1. The fourth-order valence-electron chi connectivity index (χ4n) is 3.44. The number of halogens is 1. The fourth-order valence-corrected chi connectivity index (χ4v) is 4.64. The molecule has 1 aliphatic rings. The van der Waals surface area contributed by atoms with Gasteiger partial charge in [0.1, 0.15) is 5.75 Å². The summed E-state index contributed by atoms with van der Waals surface area (Å²) in [6.45, 7) is 6.63. The third kappa shape index (κ3) is 5.74. The van der Waals surface area contributed by atoms with Gasteiger partial charge in [0.15, 0.2) is 11.7 Å². The molecule has 1 saturated heterocycles. The Bertz CT molecular complexity index is 1020. The fraction of sp³-hybridized carbons (Fsp3) is 0.391. The highest BCUT2D eigenvalue weighted by Gasteiger charge is 2.22. The highest BCUT2D eigenvalue weighted by atomic mass is 35.5. The van der Waals surface area contributed by atoms with Gasteiger partial charge in [-0.2, -0.15) is 0 Å². The number of nitrogens with zero attached hydrogens (tertiary/aromatic N) is 3. The van der Waals surface area contributed by atoms with Gasteiger partial charge in [-0.1, -0.05) is 35.9 Å². The van der Waals surface area contributed by atoms with E-state index < -0.39 is 0 Å². The van der Waals surface area contributed by atoms with Crippen molar-refractivity contribution in [1.29, 1.82) is 0 Å². The molecule has 3 aromatic rings. The molecule has 2 aromatic carbocycles. The first-order valence-electron chi connectivity index (χ1n) is 10.5. The minimum atomic E-state index is -0.113. The van der Waals surface area contributed by atoms with Crippen molar-refractivity contribution in [2.75, 3.05) is 50.9 Å². The topological polar surface area (TPSA) is 54.9 Å². The van der Waals surface area contributed by atoms with Crippen molar-refractivity contribution >= 4 is 44.2 Å². The number of fused-ring (bicyclic) bond motifs is 1. The molecular formula is C23H26ClN3O3S. The lowest BCUT2D eigenvalue weighted by atomic mass is 10.2. The smallest absolute Gasteiger partial charge is 0.266 e. The number of hydrogen-bond acceptors (Lipinski definition) is 6. The molecule has 0 atom stereocenters. The molecule has 0 spiro atoms. The molecule has 0 radical (unpaired) electrons. The van der Waals surface area contributed by atoms with E-state index >= 15 is 0 Å². The lowest BCUT2D eigenvalue weighted by molar-refractivity contribution is -0.120. The predicted octanol–water partition coefficient (Wildman–Crippen LogP) is 4.26. The van der Waals surface area contributed by atoms with Gasteiger partial charge in [-0.3, -0.25) is 14.6 Å². The molecule has 0 unspecified atom stereocenters. The van der Waals surface area contributed by atoms with Crippen LogP contribution in [0.25, 0.3) is 10.2 Å². The Kier molecular flexibility index (Phi) is 7.40. The summed E-state index contributed by atoms with van der Waals surface area (Å²) in [4.78, 5) is 22.0. The molecule has 164 valence electrons. The summed E-state index contributed by atoms with van der Waals surface area (Å²) in [5.41, 5.74) is 2.18. The third-order valence-corrected chi connectivity index (χ3v) is 6.59.